The molecule has 2 heterocycles. The van der Waals surface area contributed by atoms with Gasteiger partial charge in [0.1, 0.15) is 5.82 Å². The van der Waals surface area contributed by atoms with Crippen LogP contribution in [0.1, 0.15) is 38.3 Å². The molecule has 0 saturated carbocycles. The van der Waals surface area contributed by atoms with Crippen LogP contribution in [-0.2, 0) is 4.79 Å². The van der Waals surface area contributed by atoms with Crippen LogP contribution in [0.4, 0.5) is 17.2 Å². The van der Waals surface area contributed by atoms with Gasteiger partial charge in [0.2, 0.25) is 5.91 Å². The highest BCUT2D eigenvalue weighted by Crippen LogP contribution is 2.29. The Labute approximate surface area is 168 Å². The fraction of sp³-hybridized carbons (Fsp3) is 0.478. The number of aryl methyl sites for hydroxylation is 2. The van der Waals surface area contributed by atoms with E-state index in [9.17, 15) is 4.79 Å². The highest BCUT2D eigenvalue weighted by atomic mass is 16.1. The number of pyridine rings is 1. The van der Waals surface area contributed by atoms with Gasteiger partial charge in [-0.25, -0.2) is 4.98 Å². The Balaban J connectivity index is 1.67. The van der Waals surface area contributed by atoms with Crippen LogP contribution in [0.2, 0.25) is 0 Å². The molecule has 0 bridgehead atoms. The molecule has 0 atom stereocenters. The van der Waals surface area contributed by atoms with E-state index in [0.29, 0.717) is 6.42 Å². The monoisotopic (exact) mass is 380 g/mol. The Morgan fingerprint density at radius 1 is 1.04 bits per heavy atom. The fourth-order valence-electron chi connectivity index (χ4n) is 3.72. The molecular weight excluding hydrogens is 348 g/mol. The Hall–Kier alpha value is -2.56. The third kappa shape index (κ3) is 5.03. The zero-order chi connectivity index (χ0) is 20.3. The lowest BCUT2D eigenvalue weighted by Crippen LogP contribution is -2.46. The minimum absolute atomic E-state index is 0.0148. The molecule has 150 valence electrons. The van der Waals surface area contributed by atoms with E-state index in [2.05, 4.69) is 72.9 Å². The van der Waals surface area contributed by atoms with Crippen molar-refractivity contribution >= 4 is 23.1 Å². The van der Waals surface area contributed by atoms with Crippen LogP contribution in [0.3, 0.4) is 0 Å². The third-order valence-corrected chi connectivity index (χ3v) is 5.09. The first-order valence-electron chi connectivity index (χ1n) is 10.0. The van der Waals surface area contributed by atoms with Crippen LogP contribution in [0.25, 0.3) is 0 Å². The predicted octanol–water partition coefficient (Wildman–Crippen LogP) is 4.40. The molecule has 0 unspecified atom stereocenters. The molecule has 1 aliphatic rings. The smallest absolute Gasteiger partial charge is 0.224 e. The number of hydrogen-bond donors (Lipinski definition) is 1. The molecular formula is C23H32N4O. The predicted molar refractivity (Wildman–Crippen MR) is 117 cm³/mol. The molecule has 2 aromatic rings. The number of nitrogens with zero attached hydrogens (tertiary/aromatic N) is 3. The number of rotatable bonds is 4. The van der Waals surface area contributed by atoms with Crippen LogP contribution in [0.5, 0.6) is 0 Å². The van der Waals surface area contributed by atoms with E-state index in [1.165, 1.54) is 5.69 Å². The summed E-state index contributed by atoms with van der Waals surface area (Å²) in [6.07, 6.45) is 2.37. The molecule has 1 aromatic carbocycles. The van der Waals surface area contributed by atoms with Gasteiger partial charge in [0.15, 0.2) is 0 Å². The molecule has 1 aromatic heterocycles. The van der Waals surface area contributed by atoms with E-state index in [0.717, 1.165) is 48.8 Å². The lowest BCUT2D eigenvalue weighted by Gasteiger charge is -2.37. The molecule has 0 radical (unpaired) electrons. The van der Waals surface area contributed by atoms with E-state index in [-0.39, 0.29) is 11.3 Å². The van der Waals surface area contributed by atoms with Gasteiger partial charge >= 0.3 is 0 Å². The number of benzene rings is 1. The number of carbonyl (C=O) groups is 1. The Kier molecular flexibility index (Phi) is 5.92. The minimum atomic E-state index is -0.0148. The summed E-state index contributed by atoms with van der Waals surface area (Å²) >= 11 is 0. The Morgan fingerprint density at radius 2 is 1.64 bits per heavy atom. The first-order valence-corrected chi connectivity index (χ1v) is 10.0. The van der Waals surface area contributed by atoms with Gasteiger partial charge in [-0.3, -0.25) is 4.79 Å². The maximum Gasteiger partial charge on any atom is 0.224 e. The number of hydrogen-bond acceptors (Lipinski definition) is 4. The molecule has 1 N–H and O–H groups in total. The molecule has 0 aliphatic carbocycles. The number of nitrogens with one attached hydrogen (secondary N) is 1. The SMILES string of the molecule is Cc1cc(N2CCN(c3ccccn3)CC2)cc(C)c1NC(=O)CC(C)(C)C. The van der Waals surface area contributed by atoms with E-state index >= 15 is 0 Å². The summed E-state index contributed by atoms with van der Waals surface area (Å²) in [5.74, 6) is 1.13. The van der Waals surface area contributed by atoms with Gasteiger partial charge in [0.25, 0.3) is 0 Å². The lowest BCUT2D eigenvalue weighted by molar-refractivity contribution is -0.117. The fourth-order valence-corrected chi connectivity index (χ4v) is 3.72. The lowest BCUT2D eigenvalue weighted by atomic mass is 9.92. The van der Waals surface area contributed by atoms with Crippen LogP contribution < -0.4 is 15.1 Å². The van der Waals surface area contributed by atoms with Crippen molar-refractivity contribution in [1.82, 2.24) is 4.98 Å². The number of anilines is 3. The van der Waals surface area contributed by atoms with Gasteiger partial charge in [-0.2, -0.15) is 0 Å². The second-order valence-electron chi connectivity index (χ2n) is 8.90. The molecule has 28 heavy (non-hydrogen) atoms. The van der Waals surface area contributed by atoms with Crippen molar-refractivity contribution in [2.45, 2.75) is 41.0 Å². The molecule has 0 spiro atoms. The largest absolute Gasteiger partial charge is 0.368 e. The molecule has 1 fully saturated rings. The van der Waals surface area contributed by atoms with E-state index in [1.54, 1.807) is 0 Å². The standard InChI is InChI=1S/C23H32N4O/c1-17-14-19(15-18(2)22(17)25-21(28)16-23(3,4)5)26-10-12-27(13-11-26)20-8-6-7-9-24-20/h6-9,14-15H,10-13,16H2,1-5H3,(H,25,28). The normalized spacial score (nSPS) is 14.9. The Morgan fingerprint density at radius 3 is 2.18 bits per heavy atom. The van der Waals surface area contributed by atoms with E-state index < -0.39 is 0 Å². The highest BCUT2D eigenvalue weighted by molar-refractivity contribution is 5.93. The molecule has 5 nitrogen and oxygen atoms in total. The first kappa shape index (κ1) is 20.2. The first-order chi connectivity index (χ1) is 13.2. The summed E-state index contributed by atoms with van der Waals surface area (Å²) in [5.41, 5.74) is 4.39. The van der Waals surface area contributed by atoms with Gasteiger partial charge in [-0.1, -0.05) is 26.8 Å². The number of amides is 1. The summed E-state index contributed by atoms with van der Waals surface area (Å²) < 4.78 is 0. The summed E-state index contributed by atoms with van der Waals surface area (Å²) in [5, 5.41) is 3.12. The van der Waals surface area contributed by atoms with Crippen molar-refractivity contribution in [3.05, 3.63) is 47.7 Å². The second-order valence-corrected chi connectivity index (χ2v) is 8.90. The number of carbonyl (C=O) groups excluding carboxylic acids is 1. The molecule has 1 amide bonds. The van der Waals surface area contributed by atoms with Gasteiger partial charge in [0, 0.05) is 50.2 Å². The highest BCUT2D eigenvalue weighted by Gasteiger charge is 2.21. The van der Waals surface area contributed by atoms with Crippen LogP contribution in [-0.4, -0.2) is 37.1 Å². The average Bonchev–Trinajstić information content (AvgIpc) is 2.64. The van der Waals surface area contributed by atoms with Crippen molar-refractivity contribution in [3.63, 3.8) is 0 Å². The second kappa shape index (κ2) is 8.21. The van der Waals surface area contributed by atoms with Crippen LogP contribution in [0.15, 0.2) is 36.5 Å². The van der Waals surface area contributed by atoms with Gasteiger partial charge < -0.3 is 15.1 Å². The summed E-state index contributed by atoms with van der Waals surface area (Å²) in [4.78, 5) is 21.6. The van der Waals surface area contributed by atoms with Gasteiger partial charge in [-0.15, -0.1) is 0 Å². The van der Waals surface area contributed by atoms with Crippen molar-refractivity contribution in [1.29, 1.82) is 0 Å². The van der Waals surface area contributed by atoms with E-state index in [1.807, 2.05) is 18.3 Å². The van der Waals surface area contributed by atoms with Crippen LogP contribution in [0, 0.1) is 19.3 Å². The van der Waals surface area contributed by atoms with Crippen molar-refractivity contribution in [2.24, 2.45) is 5.41 Å². The number of aromatic nitrogens is 1. The molecule has 1 aliphatic heterocycles. The molecule has 5 heteroatoms. The van der Waals surface area contributed by atoms with Gasteiger partial charge in [0.05, 0.1) is 0 Å². The summed E-state index contributed by atoms with van der Waals surface area (Å²) in [7, 11) is 0. The minimum Gasteiger partial charge on any atom is -0.368 e. The average molecular weight is 381 g/mol. The maximum absolute atomic E-state index is 12.4. The molecule has 3 rings (SSSR count). The summed E-state index contributed by atoms with van der Waals surface area (Å²) in [6.45, 7) is 14.2. The summed E-state index contributed by atoms with van der Waals surface area (Å²) in [6, 6.07) is 10.4. The van der Waals surface area contributed by atoms with E-state index in [4.69, 9.17) is 0 Å². The zero-order valence-corrected chi connectivity index (χ0v) is 17.7. The van der Waals surface area contributed by atoms with Crippen molar-refractivity contribution in [2.75, 3.05) is 41.3 Å². The van der Waals surface area contributed by atoms with Gasteiger partial charge in [-0.05, 0) is 54.7 Å². The Bertz CT molecular complexity index is 795. The quantitative estimate of drug-likeness (QED) is 0.854. The van der Waals surface area contributed by atoms with Crippen molar-refractivity contribution in [3.8, 4) is 0 Å². The van der Waals surface area contributed by atoms with Crippen molar-refractivity contribution < 1.29 is 4.79 Å². The van der Waals surface area contributed by atoms with Crippen LogP contribution >= 0.6 is 0 Å². The third-order valence-electron chi connectivity index (χ3n) is 5.09. The topological polar surface area (TPSA) is 48.5 Å². The number of piperazine rings is 1. The maximum atomic E-state index is 12.4. The zero-order valence-electron chi connectivity index (χ0n) is 17.7. The molecule has 1 saturated heterocycles.